The normalized spacial score (nSPS) is 37.5. The number of carboxylic acids is 1. The van der Waals surface area contributed by atoms with Gasteiger partial charge < -0.3 is 30.1 Å². The first-order valence-electron chi connectivity index (χ1n) is 11.3. The van der Waals surface area contributed by atoms with Gasteiger partial charge in [-0.2, -0.15) is 0 Å². The third kappa shape index (κ3) is 3.82. The molecule has 3 rings (SSSR count). The molecule has 0 radical (unpaired) electrons. The molecular weight excluding hydrogens is 381 g/mol. The van der Waals surface area contributed by atoms with Crippen LogP contribution in [-0.2, 0) is 14.4 Å². The molecule has 8 nitrogen and oxygen atoms in total. The summed E-state index contributed by atoms with van der Waals surface area (Å²) >= 11 is 1.14. The number of aliphatic hydroxyl groups excluding tert-OH is 1. The van der Waals surface area contributed by atoms with Crippen LogP contribution in [0, 0.1) is 11.8 Å². The number of amides is 2. The Balaban J connectivity index is 0.00000385. The number of β-lactam (4-membered cyclic amide) rings is 1. The average molecular weight is 411 g/mol. The Hall–Kier alpha value is -0.580. The summed E-state index contributed by atoms with van der Waals surface area (Å²) in [4.78, 5) is 38.3. The van der Waals surface area contributed by atoms with Gasteiger partial charge in [-0.25, -0.2) is 0 Å². The molecule has 0 aliphatic carbocycles. The molecule has 3 aliphatic rings. The van der Waals surface area contributed by atoms with Gasteiger partial charge in [0, 0.05) is 44.8 Å². The van der Waals surface area contributed by atoms with Gasteiger partial charge in [-0.3, -0.25) is 9.59 Å². The zero-order chi connectivity index (χ0) is 24.3. The molecule has 3 heterocycles. The second-order valence-electron chi connectivity index (χ2n) is 6.86. The third-order valence-electron chi connectivity index (χ3n) is 5.20. The van der Waals surface area contributed by atoms with E-state index in [1.165, 1.54) is 6.92 Å². The molecule has 0 aromatic heterocycles. The minimum Gasteiger partial charge on any atom is -0.543 e. The quantitative estimate of drug-likeness (QED) is 0.346. The molecule has 0 saturated carbocycles. The van der Waals surface area contributed by atoms with Gasteiger partial charge in [0.2, 0.25) is 11.8 Å². The van der Waals surface area contributed by atoms with Crippen LogP contribution in [-0.4, -0.2) is 76.6 Å². The largest absolute Gasteiger partial charge is 1.00 e. The van der Waals surface area contributed by atoms with E-state index in [1.54, 1.807) is 6.92 Å². The van der Waals surface area contributed by atoms with E-state index in [2.05, 4.69) is 5.32 Å². The molecule has 3 aliphatic heterocycles. The molecule has 2 N–H and O–H groups in total. The predicted molar refractivity (Wildman–Crippen MR) is 93.5 cm³/mol. The summed E-state index contributed by atoms with van der Waals surface area (Å²) in [5.41, 5.74) is -0.254. The number of hydrogen-bond acceptors (Lipinski definition) is 7. The molecule has 2 amide bonds. The predicted octanol–water partition coefficient (Wildman–Crippen LogP) is -4.64. The number of carboxylic acid groups (broad SMARTS) is 1. The number of aliphatic hydroxyl groups is 1. The number of hydrogen-bond donors (Lipinski definition) is 2. The molecule has 0 aromatic carbocycles. The molecule has 2 fully saturated rings. The first kappa shape index (κ1) is 15.3. The monoisotopic (exact) mass is 411 g/mol. The molecule has 0 aromatic rings. The van der Waals surface area contributed by atoms with Gasteiger partial charge in [-0.05, 0) is 13.3 Å². The average Bonchev–Trinajstić information content (AvgIpc) is 3.15. The van der Waals surface area contributed by atoms with Crippen molar-refractivity contribution in [3.63, 3.8) is 0 Å². The van der Waals surface area contributed by atoms with Gasteiger partial charge in [0.1, 0.15) is 0 Å². The third-order valence-corrected chi connectivity index (χ3v) is 6.72. The molecule has 2 saturated heterocycles. The van der Waals surface area contributed by atoms with E-state index >= 15 is 0 Å². The fraction of sp³-hybridized carbons (Fsp3) is 0.706. The Kier molecular flexibility index (Phi) is 4.77. The molecule has 27 heavy (non-hydrogen) atoms. The number of carbonyl (C=O) groups is 3. The minimum atomic E-state index is -3.15. The fourth-order valence-corrected chi connectivity index (χ4v) is 5.46. The second kappa shape index (κ2) is 8.42. The summed E-state index contributed by atoms with van der Waals surface area (Å²) in [6.45, 7) is -2.89. The Morgan fingerprint density at radius 1 is 1.48 bits per heavy atom. The van der Waals surface area contributed by atoms with Crippen molar-refractivity contribution in [2.24, 2.45) is 11.8 Å². The van der Waals surface area contributed by atoms with E-state index < -0.39 is 55.8 Å². The molecule has 6 atom stereocenters. The van der Waals surface area contributed by atoms with Crippen LogP contribution in [0.2, 0.25) is 0 Å². The number of likely N-dealkylation sites (N-methyl/N-ethyl adjacent to an activating group) is 1. The van der Waals surface area contributed by atoms with Crippen LogP contribution in [0.5, 0.6) is 0 Å². The van der Waals surface area contributed by atoms with Crippen LogP contribution in [0.15, 0.2) is 10.6 Å². The molecular formula is C17H24N3NaO5S. The van der Waals surface area contributed by atoms with Crippen molar-refractivity contribution in [3.8, 4) is 0 Å². The van der Waals surface area contributed by atoms with Crippen LogP contribution in [0.4, 0.5) is 0 Å². The first-order valence-corrected chi connectivity index (χ1v) is 9.16. The second-order valence-corrected chi connectivity index (χ2v) is 8.21. The van der Waals surface area contributed by atoms with Crippen LogP contribution in [0.25, 0.3) is 0 Å². The number of aliphatic carboxylic acids is 1. The number of fused-ring (bicyclic) bond motifs is 1. The Morgan fingerprint density at radius 2 is 2.15 bits per heavy atom. The van der Waals surface area contributed by atoms with Crippen molar-refractivity contribution in [2.75, 3.05) is 20.5 Å². The van der Waals surface area contributed by atoms with Gasteiger partial charge in [0.05, 0.1) is 35.8 Å². The summed E-state index contributed by atoms with van der Waals surface area (Å²) < 4.78 is 44.4. The van der Waals surface area contributed by atoms with Gasteiger partial charge in [-0.1, -0.05) is 6.92 Å². The summed E-state index contributed by atoms with van der Waals surface area (Å²) in [5, 5.41) is 24.1. The van der Waals surface area contributed by atoms with Crippen LogP contribution < -0.4 is 40.0 Å². The van der Waals surface area contributed by atoms with Crippen molar-refractivity contribution in [3.05, 3.63) is 10.6 Å². The van der Waals surface area contributed by atoms with E-state index in [9.17, 15) is 24.6 Å². The van der Waals surface area contributed by atoms with Crippen molar-refractivity contribution < 1.29 is 62.4 Å². The topological polar surface area (TPSA) is 113 Å². The van der Waals surface area contributed by atoms with Gasteiger partial charge in [0.15, 0.2) is 0 Å². The van der Waals surface area contributed by atoms with Gasteiger partial charge in [-0.15, -0.1) is 11.8 Å². The van der Waals surface area contributed by atoms with Gasteiger partial charge >= 0.3 is 29.6 Å². The number of nitrogens with zero attached hydrogens (tertiary/aromatic N) is 2. The number of thioether (sulfide) groups is 1. The molecule has 10 heteroatoms. The first-order chi connectivity index (χ1) is 14.6. The maximum atomic E-state index is 12.7. The summed E-state index contributed by atoms with van der Waals surface area (Å²) in [6.07, 6.45) is -0.874. The fourth-order valence-electron chi connectivity index (χ4n) is 3.99. The summed E-state index contributed by atoms with van der Waals surface area (Å²) in [5.74, 6) is -4.21. The maximum Gasteiger partial charge on any atom is 1.00 e. The van der Waals surface area contributed by atoms with Crippen LogP contribution in [0.3, 0.4) is 0 Å². The molecule has 0 bridgehead atoms. The van der Waals surface area contributed by atoms with E-state index in [-0.39, 0.29) is 64.3 Å². The summed E-state index contributed by atoms with van der Waals surface area (Å²) in [6, 6.07) is -1.58. The van der Waals surface area contributed by atoms with E-state index in [4.69, 9.17) is 8.22 Å². The summed E-state index contributed by atoms with van der Waals surface area (Å²) in [7, 11) is 0. The van der Waals surface area contributed by atoms with Crippen LogP contribution >= 0.6 is 11.8 Å². The van der Waals surface area contributed by atoms with Crippen molar-refractivity contribution in [2.45, 2.75) is 43.7 Å². The Labute approximate surface area is 193 Å². The number of rotatable bonds is 5. The molecule has 0 unspecified atom stereocenters. The minimum absolute atomic E-state index is 0. The van der Waals surface area contributed by atoms with E-state index in [1.807, 2.05) is 0 Å². The zero-order valence-electron chi connectivity index (χ0n) is 21.3. The Morgan fingerprint density at radius 3 is 2.70 bits per heavy atom. The van der Waals surface area contributed by atoms with E-state index in [0.29, 0.717) is 4.91 Å². The smallest absolute Gasteiger partial charge is 0.543 e. The maximum absolute atomic E-state index is 12.7. The number of carbonyl (C=O) groups excluding carboxylic acids is 3. The molecule has 0 spiro atoms. The van der Waals surface area contributed by atoms with Crippen molar-refractivity contribution in [1.29, 1.82) is 0 Å². The van der Waals surface area contributed by atoms with Crippen LogP contribution in [0.1, 0.15) is 28.5 Å². The Bertz CT molecular complexity index is 853. The van der Waals surface area contributed by atoms with Crippen molar-refractivity contribution >= 4 is 29.5 Å². The SMILES string of the molecule is [2H]C([2H])([2H])N(C(=O)[C@@H]1C[C@H](SC2=C(C(=O)[O-])N3C(=O)[C@H]([C@@H](C)O)[C@H]3[C@H]2C)CN1)C([2H])([2H])[2H].[Na+]. The standard InChI is InChI=1S/C17H25N3O5S.Na/c1-7-12-11(8(2)21)16(23)20(12)13(17(24)25)14(7)26-9-5-10(18-6-9)15(22)19(3)4;/h7-12,18,21H,5-6H2,1-4H3,(H,24,25);/q;+1/p-1/t7-,8-,9+,10+,11-,12-;/m1./s1/i3D3,4D3;. The van der Waals surface area contributed by atoms with Crippen molar-refractivity contribution in [1.82, 2.24) is 15.1 Å². The van der Waals surface area contributed by atoms with Gasteiger partial charge in [0.25, 0.3) is 0 Å². The van der Waals surface area contributed by atoms with E-state index in [0.717, 1.165) is 16.7 Å². The zero-order valence-corrected chi connectivity index (χ0v) is 18.1. The number of nitrogens with one attached hydrogen (secondary N) is 1. The molecule has 144 valence electrons.